The van der Waals surface area contributed by atoms with Gasteiger partial charge in [-0.15, -0.1) is 0 Å². The smallest absolute Gasteiger partial charge is 0.124 e. The van der Waals surface area contributed by atoms with Crippen molar-refractivity contribution in [1.82, 2.24) is 0 Å². The molecule has 1 aromatic rings. The lowest BCUT2D eigenvalue weighted by Crippen LogP contribution is -2.43. The Hall–Kier alpha value is -1.02. The Kier molecular flexibility index (Phi) is 4.19. The molecule has 0 radical (unpaired) electrons. The number of hydrogen-bond donors (Lipinski definition) is 1. The van der Waals surface area contributed by atoms with Crippen molar-refractivity contribution in [3.8, 4) is 5.75 Å². The Labute approximate surface area is 116 Å². The van der Waals surface area contributed by atoms with E-state index in [2.05, 4.69) is 20.8 Å². The maximum absolute atomic E-state index is 11.4. The van der Waals surface area contributed by atoms with Crippen molar-refractivity contribution in [2.24, 2.45) is 17.8 Å². The summed E-state index contributed by atoms with van der Waals surface area (Å²) >= 11 is 0. The molecule has 0 heterocycles. The van der Waals surface area contributed by atoms with Gasteiger partial charge in [0.25, 0.3) is 0 Å². The first kappa shape index (κ1) is 14.4. The van der Waals surface area contributed by atoms with E-state index in [-0.39, 0.29) is 0 Å². The van der Waals surface area contributed by atoms with Gasteiger partial charge in [0.1, 0.15) is 5.75 Å². The third kappa shape index (κ3) is 2.64. The highest BCUT2D eigenvalue weighted by Crippen LogP contribution is 2.49. The van der Waals surface area contributed by atoms with Crippen LogP contribution in [0.15, 0.2) is 24.3 Å². The summed E-state index contributed by atoms with van der Waals surface area (Å²) in [5, 5.41) is 11.4. The largest absolute Gasteiger partial charge is 0.496 e. The molecule has 2 heteroatoms. The summed E-state index contributed by atoms with van der Waals surface area (Å²) in [4.78, 5) is 0. The van der Waals surface area contributed by atoms with Gasteiger partial charge < -0.3 is 9.84 Å². The third-order valence-electron chi connectivity index (χ3n) is 4.62. The molecular formula is C17H26O2. The Morgan fingerprint density at radius 2 is 1.95 bits per heavy atom. The number of para-hydroxylation sites is 1. The molecule has 0 amide bonds. The lowest BCUT2D eigenvalue weighted by molar-refractivity contribution is -0.0877. The van der Waals surface area contributed by atoms with Crippen molar-refractivity contribution in [3.63, 3.8) is 0 Å². The van der Waals surface area contributed by atoms with Gasteiger partial charge in [0.2, 0.25) is 0 Å². The molecule has 2 unspecified atom stereocenters. The van der Waals surface area contributed by atoms with Crippen LogP contribution in [-0.2, 0) is 5.60 Å². The van der Waals surface area contributed by atoms with Gasteiger partial charge in [-0.05, 0) is 36.7 Å². The van der Waals surface area contributed by atoms with E-state index in [0.29, 0.717) is 17.8 Å². The van der Waals surface area contributed by atoms with Gasteiger partial charge in [0.15, 0.2) is 0 Å². The Morgan fingerprint density at radius 1 is 1.26 bits per heavy atom. The SMILES string of the molecule is COc1ccccc1[C@]1(O)CC(C)CCC1C(C)C. The fourth-order valence-corrected chi connectivity index (χ4v) is 3.68. The summed E-state index contributed by atoms with van der Waals surface area (Å²) in [6, 6.07) is 7.92. The van der Waals surface area contributed by atoms with Gasteiger partial charge in [0, 0.05) is 5.56 Å². The van der Waals surface area contributed by atoms with Gasteiger partial charge >= 0.3 is 0 Å². The van der Waals surface area contributed by atoms with Gasteiger partial charge in [-0.25, -0.2) is 0 Å². The minimum Gasteiger partial charge on any atom is -0.496 e. The number of aliphatic hydroxyl groups is 1. The van der Waals surface area contributed by atoms with E-state index in [9.17, 15) is 5.11 Å². The van der Waals surface area contributed by atoms with Crippen LogP contribution in [0.25, 0.3) is 0 Å². The first-order valence-corrected chi connectivity index (χ1v) is 7.35. The molecule has 1 N–H and O–H groups in total. The number of methoxy groups -OCH3 is 1. The van der Waals surface area contributed by atoms with Crippen LogP contribution in [0.2, 0.25) is 0 Å². The highest BCUT2D eigenvalue weighted by atomic mass is 16.5. The summed E-state index contributed by atoms with van der Waals surface area (Å²) in [5.74, 6) is 2.15. The zero-order valence-corrected chi connectivity index (χ0v) is 12.5. The summed E-state index contributed by atoms with van der Waals surface area (Å²) in [5.41, 5.74) is 0.209. The standard InChI is InChI=1S/C17H26O2/c1-12(2)14-10-9-13(3)11-17(14,18)15-7-5-6-8-16(15)19-4/h5-8,12-14,18H,9-11H2,1-4H3/t13?,14?,17-/m0/s1. The number of ether oxygens (including phenoxy) is 1. The van der Waals surface area contributed by atoms with Crippen LogP contribution in [0.3, 0.4) is 0 Å². The number of rotatable bonds is 3. The van der Waals surface area contributed by atoms with Gasteiger partial charge in [-0.1, -0.05) is 45.4 Å². The lowest BCUT2D eigenvalue weighted by atomic mass is 9.64. The van der Waals surface area contributed by atoms with Crippen molar-refractivity contribution in [3.05, 3.63) is 29.8 Å². The van der Waals surface area contributed by atoms with E-state index in [0.717, 1.165) is 24.2 Å². The summed E-state index contributed by atoms with van der Waals surface area (Å²) < 4.78 is 5.47. The fraction of sp³-hybridized carbons (Fsp3) is 0.647. The van der Waals surface area contributed by atoms with Gasteiger partial charge in [-0.2, -0.15) is 0 Å². The van der Waals surface area contributed by atoms with Crippen LogP contribution in [0, 0.1) is 17.8 Å². The molecule has 3 atom stereocenters. The maximum atomic E-state index is 11.4. The van der Waals surface area contributed by atoms with E-state index in [1.165, 1.54) is 6.42 Å². The molecule has 0 spiro atoms. The molecule has 0 bridgehead atoms. The zero-order chi connectivity index (χ0) is 14.0. The Morgan fingerprint density at radius 3 is 2.58 bits per heavy atom. The van der Waals surface area contributed by atoms with Crippen LogP contribution < -0.4 is 4.74 Å². The average molecular weight is 262 g/mol. The highest BCUT2D eigenvalue weighted by molar-refractivity contribution is 5.39. The van der Waals surface area contributed by atoms with Crippen LogP contribution in [-0.4, -0.2) is 12.2 Å². The summed E-state index contributed by atoms with van der Waals surface area (Å²) in [7, 11) is 1.68. The van der Waals surface area contributed by atoms with Crippen molar-refractivity contribution in [2.45, 2.75) is 45.6 Å². The molecule has 1 aliphatic rings. The molecule has 106 valence electrons. The lowest BCUT2D eigenvalue weighted by Gasteiger charge is -2.45. The van der Waals surface area contributed by atoms with E-state index in [1.807, 2.05) is 24.3 Å². The molecule has 1 fully saturated rings. The predicted octanol–water partition coefficient (Wildman–Crippen LogP) is 3.98. The molecule has 1 aliphatic carbocycles. The Bertz CT molecular complexity index is 427. The van der Waals surface area contributed by atoms with Crippen molar-refractivity contribution < 1.29 is 9.84 Å². The Balaban J connectivity index is 2.46. The normalized spacial score (nSPS) is 31.5. The van der Waals surface area contributed by atoms with Crippen molar-refractivity contribution in [2.75, 3.05) is 7.11 Å². The minimum absolute atomic E-state index is 0.306. The van der Waals surface area contributed by atoms with E-state index in [1.54, 1.807) is 7.11 Å². The maximum Gasteiger partial charge on any atom is 0.124 e. The molecule has 0 saturated heterocycles. The average Bonchev–Trinajstić information content (AvgIpc) is 2.38. The third-order valence-corrected chi connectivity index (χ3v) is 4.62. The number of hydrogen-bond acceptors (Lipinski definition) is 2. The predicted molar refractivity (Wildman–Crippen MR) is 78.2 cm³/mol. The topological polar surface area (TPSA) is 29.5 Å². The van der Waals surface area contributed by atoms with Crippen molar-refractivity contribution in [1.29, 1.82) is 0 Å². The molecule has 19 heavy (non-hydrogen) atoms. The quantitative estimate of drug-likeness (QED) is 0.893. The van der Waals surface area contributed by atoms with E-state index in [4.69, 9.17) is 4.74 Å². The molecule has 1 aromatic carbocycles. The second kappa shape index (κ2) is 5.54. The summed E-state index contributed by atoms with van der Waals surface area (Å²) in [6.07, 6.45) is 3.13. The molecule has 0 aromatic heterocycles. The first-order chi connectivity index (χ1) is 8.99. The second-order valence-corrected chi connectivity index (χ2v) is 6.36. The fourth-order valence-electron chi connectivity index (χ4n) is 3.68. The van der Waals surface area contributed by atoms with Crippen molar-refractivity contribution >= 4 is 0 Å². The molecule has 2 nitrogen and oxygen atoms in total. The van der Waals surface area contributed by atoms with E-state index >= 15 is 0 Å². The van der Waals surface area contributed by atoms with Gasteiger partial charge in [0.05, 0.1) is 12.7 Å². The van der Waals surface area contributed by atoms with Crippen LogP contribution in [0.5, 0.6) is 5.75 Å². The molecule has 2 rings (SSSR count). The van der Waals surface area contributed by atoms with Gasteiger partial charge in [-0.3, -0.25) is 0 Å². The zero-order valence-electron chi connectivity index (χ0n) is 12.5. The van der Waals surface area contributed by atoms with Crippen LogP contribution in [0.1, 0.15) is 45.6 Å². The molecule has 0 aliphatic heterocycles. The highest BCUT2D eigenvalue weighted by Gasteiger charge is 2.45. The van der Waals surface area contributed by atoms with Crippen LogP contribution >= 0.6 is 0 Å². The number of benzene rings is 1. The second-order valence-electron chi connectivity index (χ2n) is 6.36. The van der Waals surface area contributed by atoms with E-state index < -0.39 is 5.60 Å². The molecular weight excluding hydrogens is 236 g/mol. The first-order valence-electron chi connectivity index (χ1n) is 7.35. The molecule has 1 saturated carbocycles. The summed E-state index contributed by atoms with van der Waals surface area (Å²) in [6.45, 7) is 6.65. The van der Waals surface area contributed by atoms with Crippen LogP contribution in [0.4, 0.5) is 0 Å². The monoisotopic (exact) mass is 262 g/mol. The minimum atomic E-state index is -0.752.